The van der Waals surface area contributed by atoms with Crippen LogP contribution >= 0.6 is 0 Å². The topological polar surface area (TPSA) is 15.3 Å². The van der Waals surface area contributed by atoms with Crippen LogP contribution in [0, 0.1) is 5.92 Å². The quantitative estimate of drug-likeness (QED) is 0.759. The average molecular weight is 220 g/mol. The van der Waals surface area contributed by atoms with Crippen LogP contribution < -0.4 is 5.32 Å². The predicted octanol–water partition coefficient (Wildman–Crippen LogP) is 2.36. The van der Waals surface area contributed by atoms with Gasteiger partial charge in [0.2, 0.25) is 0 Å². The first-order valence-corrected chi connectivity index (χ1v) is 6.15. The van der Waals surface area contributed by atoms with Crippen LogP contribution in [0.3, 0.4) is 0 Å². The highest BCUT2D eigenvalue weighted by Crippen LogP contribution is 2.04. The van der Waals surface area contributed by atoms with Gasteiger partial charge >= 0.3 is 0 Å². The van der Waals surface area contributed by atoms with Crippen LogP contribution in [-0.4, -0.2) is 31.6 Å². The van der Waals surface area contributed by atoms with Crippen molar-refractivity contribution in [1.29, 1.82) is 0 Å². The lowest BCUT2D eigenvalue weighted by molar-refractivity contribution is 0.275. The molecule has 16 heavy (non-hydrogen) atoms. The predicted molar refractivity (Wildman–Crippen MR) is 70.5 cm³/mol. The van der Waals surface area contributed by atoms with E-state index in [9.17, 15) is 0 Å². The summed E-state index contributed by atoms with van der Waals surface area (Å²) in [5.41, 5.74) is 1.39. The molecule has 2 nitrogen and oxygen atoms in total. The normalized spacial score (nSPS) is 13.0. The molecule has 0 saturated heterocycles. The van der Waals surface area contributed by atoms with Gasteiger partial charge in [0.05, 0.1) is 0 Å². The molecule has 0 amide bonds. The van der Waals surface area contributed by atoms with Gasteiger partial charge in [-0.15, -0.1) is 0 Å². The Morgan fingerprint density at radius 3 is 2.56 bits per heavy atom. The van der Waals surface area contributed by atoms with Crippen molar-refractivity contribution in [2.24, 2.45) is 5.92 Å². The molecule has 0 aliphatic heterocycles. The van der Waals surface area contributed by atoms with Crippen LogP contribution in [0.5, 0.6) is 0 Å². The van der Waals surface area contributed by atoms with E-state index in [0.717, 1.165) is 26.2 Å². The molecule has 90 valence electrons. The van der Waals surface area contributed by atoms with E-state index >= 15 is 0 Å². The minimum atomic E-state index is 0.702. The van der Waals surface area contributed by atoms with Gasteiger partial charge in [-0.05, 0) is 31.6 Å². The maximum Gasteiger partial charge on any atom is 0.0230 e. The summed E-state index contributed by atoms with van der Waals surface area (Å²) in [5, 5.41) is 3.39. The van der Waals surface area contributed by atoms with Crippen molar-refractivity contribution in [3.8, 4) is 0 Å². The van der Waals surface area contributed by atoms with E-state index < -0.39 is 0 Å². The Morgan fingerprint density at radius 2 is 1.94 bits per heavy atom. The zero-order valence-corrected chi connectivity index (χ0v) is 10.7. The molecule has 1 aromatic carbocycles. The van der Waals surface area contributed by atoms with Crippen molar-refractivity contribution in [3.05, 3.63) is 35.9 Å². The molecule has 1 atom stereocenters. The van der Waals surface area contributed by atoms with E-state index in [1.165, 1.54) is 5.56 Å². The maximum atomic E-state index is 3.39. The summed E-state index contributed by atoms with van der Waals surface area (Å²) in [6.07, 6.45) is 0. The lowest BCUT2D eigenvalue weighted by atomic mass is 10.1. The van der Waals surface area contributed by atoms with Crippen LogP contribution in [0.1, 0.15) is 19.4 Å². The summed E-state index contributed by atoms with van der Waals surface area (Å²) in [4.78, 5) is 2.39. The van der Waals surface area contributed by atoms with Crippen LogP contribution in [0.4, 0.5) is 0 Å². The highest BCUT2D eigenvalue weighted by atomic mass is 15.1. The monoisotopic (exact) mass is 220 g/mol. The summed E-state index contributed by atoms with van der Waals surface area (Å²) in [7, 11) is 2.19. The fraction of sp³-hybridized carbons (Fsp3) is 0.571. The minimum absolute atomic E-state index is 0.702. The standard InChI is InChI=1S/C14H24N2/c1-4-15-10-13(2)11-16(3)12-14-8-6-5-7-9-14/h5-9,13,15H,4,10-12H2,1-3H3. The highest BCUT2D eigenvalue weighted by Gasteiger charge is 2.06. The van der Waals surface area contributed by atoms with Gasteiger partial charge in [0.1, 0.15) is 0 Å². The minimum Gasteiger partial charge on any atom is -0.317 e. The summed E-state index contributed by atoms with van der Waals surface area (Å²) >= 11 is 0. The SMILES string of the molecule is CCNCC(C)CN(C)Cc1ccccc1. The van der Waals surface area contributed by atoms with Gasteiger partial charge in [-0.1, -0.05) is 44.2 Å². The molecule has 0 spiro atoms. The first-order valence-electron chi connectivity index (χ1n) is 6.15. The Labute approximate surface area is 99.7 Å². The molecule has 1 N–H and O–H groups in total. The molecule has 0 bridgehead atoms. The fourth-order valence-corrected chi connectivity index (χ4v) is 1.95. The van der Waals surface area contributed by atoms with E-state index in [2.05, 4.69) is 61.4 Å². The highest BCUT2D eigenvalue weighted by molar-refractivity contribution is 5.14. The van der Waals surface area contributed by atoms with Gasteiger partial charge in [0.25, 0.3) is 0 Å². The van der Waals surface area contributed by atoms with Gasteiger partial charge in [0, 0.05) is 13.1 Å². The van der Waals surface area contributed by atoms with Crippen LogP contribution in [0.15, 0.2) is 30.3 Å². The van der Waals surface area contributed by atoms with Gasteiger partial charge in [-0.2, -0.15) is 0 Å². The molecule has 1 aromatic rings. The van der Waals surface area contributed by atoms with Crippen molar-refractivity contribution < 1.29 is 0 Å². The number of benzene rings is 1. The molecule has 0 fully saturated rings. The lowest BCUT2D eigenvalue weighted by Gasteiger charge is -2.21. The third-order valence-electron chi connectivity index (χ3n) is 2.66. The Morgan fingerprint density at radius 1 is 1.25 bits per heavy atom. The van der Waals surface area contributed by atoms with E-state index in [0.29, 0.717) is 5.92 Å². The van der Waals surface area contributed by atoms with Crippen molar-refractivity contribution >= 4 is 0 Å². The third-order valence-corrected chi connectivity index (χ3v) is 2.66. The molecular formula is C14H24N2. The molecule has 0 heterocycles. The van der Waals surface area contributed by atoms with E-state index in [1.807, 2.05) is 0 Å². The lowest BCUT2D eigenvalue weighted by Crippen LogP contribution is -2.30. The number of hydrogen-bond donors (Lipinski definition) is 1. The van der Waals surface area contributed by atoms with Crippen LogP contribution in [-0.2, 0) is 6.54 Å². The van der Waals surface area contributed by atoms with Crippen molar-refractivity contribution in [2.75, 3.05) is 26.7 Å². The van der Waals surface area contributed by atoms with Gasteiger partial charge < -0.3 is 10.2 Å². The molecule has 1 rings (SSSR count). The second-order valence-corrected chi connectivity index (χ2v) is 4.60. The molecule has 1 unspecified atom stereocenters. The Balaban J connectivity index is 2.27. The smallest absolute Gasteiger partial charge is 0.0230 e. The Kier molecular flexibility index (Phi) is 6.12. The Hall–Kier alpha value is -0.860. The second kappa shape index (κ2) is 7.42. The van der Waals surface area contributed by atoms with Gasteiger partial charge in [0.15, 0.2) is 0 Å². The molecule has 0 aliphatic rings. The molecule has 2 heteroatoms. The average Bonchev–Trinajstić information content (AvgIpc) is 2.27. The number of hydrogen-bond acceptors (Lipinski definition) is 2. The van der Waals surface area contributed by atoms with Gasteiger partial charge in [-0.25, -0.2) is 0 Å². The largest absolute Gasteiger partial charge is 0.317 e. The zero-order chi connectivity index (χ0) is 11.8. The van der Waals surface area contributed by atoms with Crippen LogP contribution in [0.2, 0.25) is 0 Å². The number of rotatable bonds is 7. The van der Waals surface area contributed by atoms with Gasteiger partial charge in [-0.3, -0.25) is 0 Å². The van der Waals surface area contributed by atoms with Crippen molar-refractivity contribution in [2.45, 2.75) is 20.4 Å². The number of nitrogens with zero attached hydrogens (tertiary/aromatic N) is 1. The number of nitrogens with one attached hydrogen (secondary N) is 1. The van der Waals surface area contributed by atoms with E-state index in [-0.39, 0.29) is 0 Å². The summed E-state index contributed by atoms with van der Waals surface area (Å²) < 4.78 is 0. The summed E-state index contributed by atoms with van der Waals surface area (Å²) in [6, 6.07) is 10.6. The summed E-state index contributed by atoms with van der Waals surface area (Å²) in [6.45, 7) is 8.80. The molecule has 0 radical (unpaired) electrons. The molecule has 0 aromatic heterocycles. The van der Waals surface area contributed by atoms with E-state index in [1.54, 1.807) is 0 Å². The van der Waals surface area contributed by atoms with Crippen molar-refractivity contribution in [1.82, 2.24) is 10.2 Å². The first-order chi connectivity index (χ1) is 7.72. The summed E-state index contributed by atoms with van der Waals surface area (Å²) in [5.74, 6) is 0.702. The van der Waals surface area contributed by atoms with Crippen molar-refractivity contribution in [3.63, 3.8) is 0 Å². The Bertz CT molecular complexity index is 271. The maximum absolute atomic E-state index is 3.39. The van der Waals surface area contributed by atoms with E-state index in [4.69, 9.17) is 0 Å². The third kappa shape index (κ3) is 5.29. The van der Waals surface area contributed by atoms with Crippen LogP contribution in [0.25, 0.3) is 0 Å². The molecule has 0 saturated carbocycles. The first kappa shape index (κ1) is 13.2. The fourth-order valence-electron chi connectivity index (χ4n) is 1.95. The molecule has 0 aliphatic carbocycles. The molecular weight excluding hydrogens is 196 g/mol. The zero-order valence-electron chi connectivity index (χ0n) is 10.7. The second-order valence-electron chi connectivity index (χ2n) is 4.60.